The van der Waals surface area contributed by atoms with Crippen molar-refractivity contribution in [1.82, 2.24) is 30.8 Å². The van der Waals surface area contributed by atoms with Gasteiger partial charge in [-0.2, -0.15) is 0 Å². The number of nitrogens with one attached hydrogen (secondary N) is 2. The molecule has 0 bridgehead atoms. The Bertz CT molecular complexity index is 664. The Kier molecular flexibility index (Phi) is 4.14. The van der Waals surface area contributed by atoms with Crippen LogP contribution in [0.2, 0.25) is 0 Å². The summed E-state index contributed by atoms with van der Waals surface area (Å²) < 4.78 is 1.76. The Hall–Kier alpha value is -2.29. The van der Waals surface area contributed by atoms with Gasteiger partial charge in [-0.05, 0) is 41.6 Å². The lowest BCUT2D eigenvalue weighted by atomic mass is 10.3. The zero-order chi connectivity index (χ0) is 15.5. The van der Waals surface area contributed by atoms with E-state index in [9.17, 15) is 9.59 Å². The molecule has 2 aromatic heterocycles. The molecule has 2 aromatic rings. The van der Waals surface area contributed by atoms with Crippen LogP contribution in [-0.2, 0) is 4.79 Å². The third-order valence-corrected chi connectivity index (χ3v) is 4.20. The fourth-order valence-electron chi connectivity index (χ4n) is 2.08. The molecule has 1 atom stereocenters. The summed E-state index contributed by atoms with van der Waals surface area (Å²) in [6, 6.07) is 3.55. The van der Waals surface area contributed by atoms with Crippen molar-refractivity contribution in [3.63, 3.8) is 0 Å². The van der Waals surface area contributed by atoms with Crippen molar-refractivity contribution in [3.05, 3.63) is 28.2 Å². The molecule has 116 valence electrons. The molecule has 1 aliphatic carbocycles. The lowest BCUT2D eigenvalue weighted by molar-refractivity contribution is -0.120. The zero-order valence-corrected chi connectivity index (χ0v) is 12.8. The highest BCUT2D eigenvalue weighted by molar-refractivity contribution is 7.12. The van der Waals surface area contributed by atoms with Gasteiger partial charge in [-0.1, -0.05) is 6.07 Å². The molecule has 0 saturated heterocycles. The van der Waals surface area contributed by atoms with E-state index in [1.165, 1.54) is 11.3 Å². The van der Waals surface area contributed by atoms with Crippen LogP contribution in [0.3, 0.4) is 0 Å². The summed E-state index contributed by atoms with van der Waals surface area (Å²) in [6.07, 6.45) is 2.13. The molecule has 1 aliphatic rings. The van der Waals surface area contributed by atoms with Crippen molar-refractivity contribution < 1.29 is 9.59 Å². The predicted molar refractivity (Wildman–Crippen MR) is 79.3 cm³/mol. The van der Waals surface area contributed by atoms with Crippen LogP contribution in [0.5, 0.6) is 0 Å². The average Bonchev–Trinajstić information content (AvgIpc) is 3.03. The molecule has 2 N–H and O–H groups in total. The van der Waals surface area contributed by atoms with Gasteiger partial charge in [0.1, 0.15) is 0 Å². The van der Waals surface area contributed by atoms with E-state index in [0.717, 1.165) is 12.8 Å². The minimum Gasteiger partial charge on any atom is -0.345 e. The summed E-state index contributed by atoms with van der Waals surface area (Å²) in [6.45, 7) is 1.75. The number of thiophene rings is 1. The molecule has 2 amide bonds. The second-order valence-electron chi connectivity index (χ2n) is 5.16. The Labute approximate surface area is 130 Å². The smallest absolute Gasteiger partial charge is 0.261 e. The predicted octanol–water partition coefficient (Wildman–Crippen LogP) is 0.677. The molecule has 22 heavy (non-hydrogen) atoms. The Morgan fingerprint density at radius 1 is 1.50 bits per heavy atom. The number of hydrogen-bond donors (Lipinski definition) is 2. The quantitative estimate of drug-likeness (QED) is 0.815. The summed E-state index contributed by atoms with van der Waals surface area (Å²) in [5.41, 5.74) is 0. The van der Waals surface area contributed by atoms with Crippen LogP contribution in [0.25, 0.3) is 0 Å². The Morgan fingerprint density at radius 3 is 3.00 bits per heavy atom. The number of nitrogens with zero attached hydrogens (tertiary/aromatic N) is 4. The van der Waals surface area contributed by atoms with Crippen LogP contribution in [0, 0.1) is 0 Å². The SMILES string of the molecule is CC(NC(=O)CNC(=O)c1cccs1)c1nnnn1C1CC1. The monoisotopic (exact) mass is 320 g/mol. The molecule has 0 spiro atoms. The highest BCUT2D eigenvalue weighted by atomic mass is 32.1. The van der Waals surface area contributed by atoms with E-state index in [1.807, 2.05) is 12.3 Å². The van der Waals surface area contributed by atoms with E-state index in [4.69, 9.17) is 0 Å². The summed E-state index contributed by atoms with van der Waals surface area (Å²) >= 11 is 1.33. The van der Waals surface area contributed by atoms with Crippen LogP contribution >= 0.6 is 11.3 Å². The van der Waals surface area contributed by atoms with Crippen LogP contribution < -0.4 is 10.6 Å². The van der Waals surface area contributed by atoms with Gasteiger partial charge >= 0.3 is 0 Å². The number of carbonyl (C=O) groups is 2. The second-order valence-corrected chi connectivity index (χ2v) is 6.11. The first-order chi connectivity index (χ1) is 10.6. The first-order valence-electron chi connectivity index (χ1n) is 7.04. The summed E-state index contributed by atoms with van der Waals surface area (Å²) in [5, 5.41) is 18.8. The van der Waals surface area contributed by atoms with Crippen LogP contribution in [0.15, 0.2) is 17.5 Å². The minimum absolute atomic E-state index is 0.0773. The first kappa shape index (κ1) is 14.6. The summed E-state index contributed by atoms with van der Waals surface area (Å²) in [7, 11) is 0. The Balaban J connectivity index is 1.51. The summed E-state index contributed by atoms with van der Waals surface area (Å²) in [4.78, 5) is 24.3. The molecule has 0 aromatic carbocycles. The van der Waals surface area contributed by atoms with Gasteiger partial charge in [0, 0.05) is 0 Å². The highest BCUT2D eigenvalue weighted by Crippen LogP contribution is 2.35. The van der Waals surface area contributed by atoms with Crippen LogP contribution in [0.1, 0.15) is 47.3 Å². The van der Waals surface area contributed by atoms with Gasteiger partial charge in [0.25, 0.3) is 5.91 Å². The number of carbonyl (C=O) groups excluding carboxylic acids is 2. The molecular formula is C13H16N6O2S. The molecule has 2 heterocycles. The maximum atomic E-state index is 11.9. The lowest BCUT2D eigenvalue weighted by Crippen LogP contribution is -2.38. The molecular weight excluding hydrogens is 304 g/mol. The van der Waals surface area contributed by atoms with E-state index in [1.54, 1.807) is 16.8 Å². The number of amides is 2. The van der Waals surface area contributed by atoms with Gasteiger partial charge in [-0.15, -0.1) is 16.4 Å². The fourth-order valence-corrected chi connectivity index (χ4v) is 2.72. The third-order valence-electron chi connectivity index (χ3n) is 3.33. The topological polar surface area (TPSA) is 102 Å². The molecule has 0 aliphatic heterocycles. The lowest BCUT2D eigenvalue weighted by Gasteiger charge is -2.13. The van der Waals surface area contributed by atoms with Gasteiger partial charge in [-0.25, -0.2) is 4.68 Å². The van der Waals surface area contributed by atoms with Gasteiger partial charge < -0.3 is 10.6 Å². The van der Waals surface area contributed by atoms with Gasteiger partial charge in [0.2, 0.25) is 5.91 Å². The number of tetrazole rings is 1. The zero-order valence-electron chi connectivity index (χ0n) is 12.0. The molecule has 0 radical (unpaired) electrons. The number of rotatable bonds is 6. The highest BCUT2D eigenvalue weighted by Gasteiger charge is 2.29. The largest absolute Gasteiger partial charge is 0.345 e. The average molecular weight is 320 g/mol. The maximum absolute atomic E-state index is 11.9. The van der Waals surface area contributed by atoms with Crippen LogP contribution in [-0.4, -0.2) is 38.6 Å². The van der Waals surface area contributed by atoms with E-state index >= 15 is 0 Å². The van der Waals surface area contributed by atoms with E-state index in [-0.39, 0.29) is 24.4 Å². The minimum atomic E-state index is -0.304. The maximum Gasteiger partial charge on any atom is 0.261 e. The first-order valence-corrected chi connectivity index (χ1v) is 7.92. The second kappa shape index (κ2) is 6.22. The van der Waals surface area contributed by atoms with Crippen molar-refractivity contribution in [2.75, 3.05) is 6.54 Å². The van der Waals surface area contributed by atoms with Crippen molar-refractivity contribution in [2.24, 2.45) is 0 Å². The normalized spacial score (nSPS) is 15.3. The molecule has 9 heteroatoms. The van der Waals surface area contributed by atoms with Gasteiger partial charge in [0.15, 0.2) is 5.82 Å². The van der Waals surface area contributed by atoms with Crippen molar-refractivity contribution >= 4 is 23.2 Å². The molecule has 1 saturated carbocycles. The van der Waals surface area contributed by atoms with Crippen LogP contribution in [0.4, 0.5) is 0 Å². The molecule has 1 fully saturated rings. The van der Waals surface area contributed by atoms with Gasteiger partial charge in [-0.3, -0.25) is 9.59 Å². The molecule has 1 unspecified atom stereocenters. The third kappa shape index (κ3) is 3.30. The van der Waals surface area contributed by atoms with E-state index in [0.29, 0.717) is 16.7 Å². The van der Waals surface area contributed by atoms with E-state index in [2.05, 4.69) is 26.2 Å². The summed E-state index contributed by atoms with van der Waals surface area (Å²) in [5.74, 6) is 0.115. The van der Waals surface area contributed by atoms with Crippen molar-refractivity contribution in [2.45, 2.75) is 31.8 Å². The Morgan fingerprint density at radius 2 is 2.32 bits per heavy atom. The molecule has 3 rings (SSSR count). The number of aromatic nitrogens is 4. The van der Waals surface area contributed by atoms with Crippen molar-refractivity contribution in [1.29, 1.82) is 0 Å². The number of hydrogen-bond acceptors (Lipinski definition) is 6. The standard InChI is InChI=1S/C13H16N6O2S/c1-8(12-16-17-18-19(12)9-4-5-9)15-11(20)7-14-13(21)10-3-2-6-22-10/h2-3,6,8-9H,4-5,7H2,1H3,(H,14,21)(H,15,20). The van der Waals surface area contributed by atoms with Gasteiger partial charge in [0.05, 0.1) is 23.5 Å². The molecule has 8 nitrogen and oxygen atoms in total. The van der Waals surface area contributed by atoms with E-state index < -0.39 is 0 Å². The fraction of sp³-hybridized carbons (Fsp3) is 0.462. The van der Waals surface area contributed by atoms with Crippen molar-refractivity contribution in [3.8, 4) is 0 Å².